The lowest BCUT2D eigenvalue weighted by molar-refractivity contribution is 0.300. The van der Waals surface area contributed by atoms with E-state index in [0.29, 0.717) is 17.3 Å². The quantitative estimate of drug-likeness (QED) is 0.914. The Labute approximate surface area is 115 Å². The zero-order valence-corrected chi connectivity index (χ0v) is 11.1. The van der Waals surface area contributed by atoms with Gasteiger partial charge in [-0.3, -0.25) is 4.98 Å². The summed E-state index contributed by atoms with van der Waals surface area (Å²) >= 11 is 5.85. The molecule has 19 heavy (non-hydrogen) atoms. The molecular weight excluding hydrogens is 269 g/mol. The zero-order valence-electron chi connectivity index (χ0n) is 10.4. The van der Waals surface area contributed by atoms with Crippen molar-refractivity contribution in [3.63, 3.8) is 0 Å². The standard InChI is InChI=1S/C13H13ClFN3O/c1-2-16-13-7-17-10(6-18-13)8-19-12-4-3-9(15)5-11(12)14/h3-7H,2,8H2,1H3,(H,16,18). The maximum atomic E-state index is 12.9. The first-order chi connectivity index (χ1) is 9.19. The predicted octanol–water partition coefficient (Wildman–Crippen LogP) is 3.28. The van der Waals surface area contributed by atoms with Gasteiger partial charge in [0.05, 0.1) is 23.1 Å². The van der Waals surface area contributed by atoms with Crippen LogP contribution < -0.4 is 10.1 Å². The molecular formula is C13H13ClFN3O. The second-order valence-corrected chi connectivity index (χ2v) is 4.19. The van der Waals surface area contributed by atoms with Gasteiger partial charge >= 0.3 is 0 Å². The van der Waals surface area contributed by atoms with E-state index >= 15 is 0 Å². The molecule has 1 heterocycles. The summed E-state index contributed by atoms with van der Waals surface area (Å²) in [6.07, 6.45) is 3.25. The fourth-order valence-electron chi connectivity index (χ4n) is 1.45. The Hall–Kier alpha value is -1.88. The molecule has 0 aliphatic rings. The number of benzene rings is 1. The van der Waals surface area contributed by atoms with Crippen molar-refractivity contribution in [2.75, 3.05) is 11.9 Å². The van der Waals surface area contributed by atoms with Gasteiger partial charge in [-0.15, -0.1) is 0 Å². The van der Waals surface area contributed by atoms with E-state index in [1.54, 1.807) is 12.4 Å². The second-order valence-electron chi connectivity index (χ2n) is 3.79. The van der Waals surface area contributed by atoms with Gasteiger partial charge in [-0.1, -0.05) is 11.6 Å². The van der Waals surface area contributed by atoms with Crippen LogP contribution in [0.5, 0.6) is 5.75 Å². The third-order valence-electron chi connectivity index (χ3n) is 2.33. The maximum Gasteiger partial charge on any atom is 0.144 e. The maximum absolute atomic E-state index is 12.9. The smallest absolute Gasteiger partial charge is 0.144 e. The normalized spacial score (nSPS) is 10.3. The molecule has 2 aromatic rings. The van der Waals surface area contributed by atoms with Gasteiger partial charge in [0.1, 0.15) is 24.0 Å². The fourth-order valence-corrected chi connectivity index (χ4v) is 1.67. The molecule has 0 saturated carbocycles. The lowest BCUT2D eigenvalue weighted by Gasteiger charge is -2.08. The van der Waals surface area contributed by atoms with E-state index in [1.165, 1.54) is 18.2 Å². The number of rotatable bonds is 5. The van der Waals surface area contributed by atoms with Crippen molar-refractivity contribution in [2.45, 2.75) is 13.5 Å². The number of anilines is 1. The molecule has 100 valence electrons. The van der Waals surface area contributed by atoms with Crippen molar-refractivity contribution >= 4 is 17.4 Å². The molecule has 6 heteroatoms. The Balaban J connectivity index is 1.98. The average Bonchev–Trinajstić information content (AvgIpc) is 2.40. The number of ether oxygens (including phenoxy) is 1. The highest BCUT2D eigenvalue weighted by atomic mass is 35.5. The number of hydrogen-bond acceptors (Lipinski definition) is 4. The minimum atomic E-state index is -0.396. The summed E-state index contributed by atoms with van der Waals surface area (Å²) in [7, 11) is 0. The van der Waals surface area contributed by atoms with Gasteiger partial charge in [0.25, 0.3) is 0 Å². The molecule has 0 aliphatic heterocycles. The molecule has 0 unspecified atom stereocenters. The highest BCUT2D eigenvalue weighted by Crippen LogP contribution is 2.25. The molecule has 0 amide bonds. The molecule has 0 radical (unpaired) electrons. The van der Waals surface area contributed by atoms with E-state index < -0.39 is 5.82 Å². The van der Waals surface area contributed by atoms with Crippen molar-refractivity contribution in [1.82, 2.24) is 9.97 Å². The van der Waals surface area contributed by atoms with Crippen LogP contribution >= 0.6 is 11.6 Å². The highest BCUT2D eigenvalue weighted by Gasteiger charge is 2.04. The fraction of sp³-hybridized carbons (Fsp3) is 0.231. The van der Waals surface area contributed by atoms with Gasteiger partial charge in [-0.05, 0) is 25.1 Å². The first-order valence-corrected chi connectivity index (χ1v) is 6.19. The highest BCUT2D eigenvalue weighted by molar-refractivity contribution is 6.32. The topological polar surface area (TPSA) is 47.0 Å². The van der Waals surface area contributed by atoms with Gasteiger partial charge in [0.2, 0.25) is 0 Å². The van der Waals surface area contributed by atoms with E-state index in [9.17, 15) is 4.39 Å². The van der Waals surface area contributed by atoms with Crippen LogP contribution in [0.3, 0.4) is 0 Å². The van der Waals surface area contributed by atoms with Crippen molar-refractivity contribution in [2.24, 2.45) is 0 Å². The summed E-state index contributed by atoms with van der Waals surface area (Å²) in [5, 5.41) is 3.28. The van der Waals surface area contributed by atoms with Crippen LogP contribution in [0.1, 0.15) is 12.6 Å². The van der Waals surface area contributed by atoms with E-state index in [-0.39, 0.29) is 11.6 Å². The molecule has 1 N–H and O–H groups in total. The van der Waals surface area contributed by atoms with Crippen molar-refractivity contribution in [1.29, 1.82) is 0 Å². The first kappa shape index (κ1) is 13.5. The Morgan fingerprint density at radius 2 is 2.16 bits per heavy atom. The Bertz CT molecular complexity index is 548. The molecule has 0 atom stereocenters. The molecule has 0 spiro atoms. The monoisotopic (exact) mass is 281 g/mol. The number of hydrogen-bond donors (Lipinski definition) is 1. The molecule has 0 aliphatic carbocycles. The van der Waals surface area contributed by atoms with Gasteiger partial charge in [0, 0.05) is 6.54 Å². The largest absolute Gasteiger partial charge is 0.486 e. The molecule has 2 rings (SSSR count). The van der Waals surface area contributed by atoms with Crippen LogP contribution in [0.2, 0.25) is 5.02 Å². The minimum absolute atomic E-state index is 0.227. The molecule has 0 fully saturated rings. The number of nitrogens with zero attached hydrogens (tertiary/aromatic N) is 2. The third kappa shape index (κ3) is 3.79. The number of nitrogens with one attached hydrogen (secondary N) is 1. The van der Waals surface area contributed by atoms with E-state index in [4.69, 9.17) is 16.3 Å². The Morgan fingerprint density at radius 1 is 1.32 bits per heavy atom. The van der Waals surface area contributed by atoms with E-state index in [0.717, 1.165) is 6.54 Å². The average molecular weight is 282 g/mol. The Kier molecular flexibility index (Phi) is 4.52. The van der Waals surface area contributed by atoms with Crippen LogP contribution in [-0.4, -0.2) is 16.5 Å². The summed E-state index contributed by atoms with van der Waals surface area (Å²) in [6.45, 7) is 3.00. The van der Waals surface area contributed by atoms with Crippen LogP contribution in [-0.2, 0) is 6.61 Å². The van der Waals surface area contributed by atoms with Gasteiger partial charge < -0.3 is 10.1 Å². The minimum Gasteiger partial charge on any atom is -0.486 e. The van der Waals surface area contributed by atoms with Crippen LogP contribution in [0.15, 0.2) is 30.6 Å². The van der Waals surface area contributed by atoms with E-state index in [1.807, 2.05) is 6.92 Å². The predicted molar refractivity (Wildman–Crippen MR) is 71.9 cm³/mol. The van der Waals surface area contributed by atoms with E-state index in [2.05, 4.69) is 15.3 Å². The molecule has 1 aromatic carbocycles. The molecule has 0 saturated heterocycles. The lowest BCUT2D eigenvalue weighted by atomic mass is 10.3. The van der Waals surface area contributed by atoms with Gasteiger partial charge in [-0.25, -0.2) is 9.37 Å². The van der Waals surface area contributed by atoms with Gasteiger partial charge in [-0.2, -0.15) is 0 Å². The summed E-state index contributed by atoms with van der Waals surface area (Å²) in [5.41, 5.74) is 0.669. The molecule has 4 nitrogen and oxygen atoms in total. The lowest BCUT2D eigenvalue weighted by Crippen LogP contribution is -2.03. The molecule has 0 bridgehead atoms. The summed E-state index contributed by atoms with van der Waals surface area (Å²) in [5.74, 6) is 0.735. The van der Waals surface area contributed by atoms with Gasteiger partial charge in [0.15, 0.2) is 0 Å². The van der Waals surface area contributed by atoms with Crippen LogP contribution in [0.25, 0.3) is 0 Å². The van der Waals surface area contributed by atoms with Crippen molar-refractivity contribution in [3.8, 4) is 5.75 Å². The number of halogens is 2. The first-order valence-electron chi connectivity index (χ1n) is 5.81. The Morgan fingerprint density at radius 3 is 2.79 bits per heavy atom. The van der Waals surface area contributed by atoms with Crippen molar-refractivity contribution < 1.29 is 9.13 Å². The van der Waals surface area contributed by atoms with Crippen LogP contribution in [0.4, 0.5) is 10.2 Å². The SMILES string of the molecule is CCNc1cnc(COc2ccc(F)cc2Cl)cn1. The van der Waals surface area contributed by atoms with Crippen LogP contribution in [0, 0.1) is 5.82 Å². The van der Waals surface area contributed by atoms with Crippen molar-refractivity contribution in [3.05, 3.63) is 47.1 Å². The number of aromatic nitrogens is 2. The second kappa shape index (κ2) is 6.33. The summed E-state index contributed by atoms with van der Waals surface area (Å²) in [6, 6.07) is 3.98. The zero-order chi connectivity index (χ0) is 13.7. The third-order valence-corrected chi connectivity index (χ3v) is 2.63. The summed E-state index contributed by atoms with van der Waals surface area (Å²) in [4.78, 5) is 8.36. The summed E-state index contributed by atoms with van der Waals surface area (Å²) < 4.78 is 18.3. The molecule has 1 aromatic heterocycles.